The molecule has 2 aliphatic heterocycles. The van der Waals surface area contributed by atoms with E-state index < -0.39 is 72.6 Å². The number of hydrogen-bond acceptors (Lipinski definition) is 10. The summed E-state index contributed by atoms with van der Waals surface area (Å²) in [4.78, 5) is 24.4. The predicted molar refractivity (Wildman–Crippen MR) is 117 cm³/mol. The molecule has 2 fully saturated rings. The van der Waals surface area contributed by atoms with Crippen LogP contribution in [0.15, 0.2) is 36.1 Å². The van der Waals surface area contributed by atoms with Crippen molar-refractivity contribution in [2.45, 2.75) is 68.4 Å². The number of fused-ring (bicyclic) bond motifs is 1. The second-order valence-corrected chi connectivity index (χ2v) is 9.61. The highest BCUT2D eigenvalue weighted by atomic mass is 16.6. The van der Waals surface area contributed by atoms with Gasteiger partial charge in [0.25, 0.3) is 0 Å². The Bertz CT molecular complexity index is 972. The summed E-state index contributed by atoms with van der Waals surface area (Å²) < 4.78 is 17.0. The molecule has 0 amide bonds. The van der Waals surface area contributed by atoms with Crippen molar-refractivity contribution in [1.82, 2.24) is 0 Å². The van der Waals surface area contributed by atoms with Gasteiger partial charge >= 0.3 is 11.9 Å². The standard InChI is InChI=1S/C24H30O11/c1-24(32)7-6-13-14(22(29)30)10-33-15(18(13)24)8-16-21(20(28)19(27)17(9-25)34-16)35-23(31)11-2-4-12(26)5-3-11/h2-5,10,13,15-21,25-28,32H,6-9H2,1H3,(H,29,30)/t13?,15?,16-,17+,18?,19+,20-,21-,24?/m1/s1. The molecular formula is C24H30O11. The summed E-state index contributed by atoms with van der Waals surface area (Å²) in [5.41, 5.74) is -1.08. The highest BCUT2D eigenvalue weighted by Crippen LogP contribution is 2.50. The maximum absolute atomic E-state index is 12.7. The largest absolute Gasteiger partial charge is 0.508 e. The van der Waals surface area contributed by atoms with Gasteiger partial charge in [-0.05, 0) is 44.0 Å². The van der Waals surface area contributed by atoms with E-state index in [2.05, 4.69) is 0 Å². The molecule has 1 aromatic rings. The minimum Gasteiger partial charge on any atom is -0.508 e. The van der Waals surface area contributed by atoms with Crippen LogP contribution < -0.4 is 0 Å². The summed E-state index contributed by atoms with van der Waals surface area (Å²) in [5, 5.41) is 60.7. The molecule has 35 heavy (non-hydrogen) atoms. The molecule has 1 aliphatic carbocycles. The Labute approximate surface area is 201 Å². The van der Waals surface area contributed by atoms with Gasteiger partial charge in [-0.25, -0.2) is 9.59 Å². The number of carboxylic acid groups (broad SMARTS) is 1. The molecule has 1 saturated heterocycles. The number of aromatic hydroxyl groups is 1. The number of phenolic OH excluding ortho intramolecular Hbond substituents is 1. The van der Waals surface area contributed by atoms with E-state index in [1.54, 1.807) is 6.92 Å². The predicted octanol–water partition coefficient (Wildman–Crippen LogP) is -0.0663. The molecule has 1 saturated carbocycles. The van der Waals surface area contributed by atoms with Crippen LogP contribution in [0.25, 0.3) is 0 Å². The van der Waals surface area contributed by atoms with Gasteiger partial charge in [0.1, 0.15) is 36.3 Å². The summed E-state index contributed by atoms with van der Waals surface area (Å²) in [6, 6.07) is 5.25. The Hall–Kier alpha value is -2.70. The third-order valence-electron chi connectivity index (χ3n) is 7.30. The highest BCUT2D eigenvalue weighted by Gasteiger charge is 2.55. The molecule has 1 aromatic carbocycles. The average molecular weight is 494 g/mol. The molecule has 192 valence electrons. The zero-order valence-corrected chi connectivity index (χ0v) is 19.1. The molecule has 0 radical (unpaired) electrons. The highest BCUT2D eigenvalue weighted by molar-refractivity contribution is 5.89. The lowest BCUT2D eigenvalue weighted by molar-refractivity contribution is -0.237. The van der Waals surface area contributed by atoms with Crippen LogP contribution in [-0.2, 0) is 19.0 Å². The Morgan fingerprint density at radius 2 is 1.80 bits per heavy atom. The fourth-order valence-electron chi connectivity index (χ4n) is 5.50. The summed E-state index contributed by atoms with van der Waals surface area (Å²) in [7, 11) is 0. The summed E-state index contributed by atoms with van der Waals surface area (Å²) in [6.45, 7) is 1.00. The maximum Gasteiger partial charge on any atom is 0.338 e. The first-order valence-corrected chi connectivity index (χ1v) is 11.5. The van der Waals surface area contributed by atoms with Crippen molar-refractivity contribution in [3.05, 3.63) is 41.7 Å². The molecule has 2 heterocycles. The smallest absolute Gasteiger partial charge is 0.338 e. The van der Waals surface area contributed by atoms with Crippen molar-refractivity contribution < 1.29 is 54.4 Å². The monoisotopic (exact) mass is 494 g/mol. The number of ether oxygens (including phenoxy) is 3. The Morgan fingerprint density at radius 1 is 1.11 bits per heavy atom. The number of rotatable bonds is 6. The minimum atomic E-state index is -1.60. The number of esters is 1. The van der Waals surface area contributed by atoms with E-state index in [0.717, 1.165) is 6.26 Å². The number of aliphatic carboxylic acids is 1. The normalized spacial score (nSPS) is 38.7. The molecular weight excluding hydrogens is 464 g/mol. The number of aliphatic hydroxyl groups is 4. The van der Waals surface area contributed by atoms with Crippen LogP contribution in [0, 0.1) is 11.8 Å². The first-order valence-electron chi connectivity index (χ1n) is 11.5. The van der Waals surface area contributed by atoms with Crippen LogP contribution in [0.2, 0.25) is 0 Å². The number of carboxylic acids is 1. The van der Waals surface area contributed by atoms with Gasteiger partial charge in [0.05, 0.1) is 29.6 Å². The number of carbonyl (C=O) groups excluding carboxylic acids is 1. The van der Waals surface area contributed by atoms with Crippen LogP contribution in [0.4, 0.5) is 0 Å². The summed E-state index contributed by atoms with van der Waals surface area (Å²) in [6.07, 6.45) is -5.50. The van der Waals surface area contributed by atoms with E-state index in [4.69, 9.17) is 14.2 Å². The number of hydrogen-bond donors (Lipinski definition) is 6. The van der Waals surface area contributed by atoms with Gasteiger partial charge in [-0.3, -0.25) is 0 Å². The van der Waals surface area contributed by atoms with E-state index in [1.807, 2.05) is 0 Å². The van der Waals surface area contributed by atoms with Crippen molar-refractivity contribution in [2.24, 2.45) is 11.8 Å². The number of carbonyl (C=O) groups is 2. The first kappa shape index (κ1) is 25.4. The van der Waals surface area contributed by atoms with Crippen LogP contribution in [0.1, 0.15) is 36.5 Å². The van der Waals surface area contributed by atoms with Gasteiger partial charge in [0.15, 0.2) is 6.10 Å². The molecule has 0 bridgehead atoms. The SMILES string of the molecule is CC1(O)CCC2C(C(=O)O)=COC(C[C@H]3O[C@@H](CO)[C@H](O)[C@@H](O)[C@@H]3OC(=O)c3ccc(O)cc3)C21. The van der Waals surface area contributed by atoms with Crippen molar-refractivity contribution >= 4 is 11.9 Å². The fourth-order valence-corrected chi connectivity index (χ4v) is 5.50. The lowest BCUT2D eigenvalue weighted by Crippen LogP contribution is -2.61. The molecule has 6 N–H and O–H groups in total. The second-order valence-electron chi connectivity index (χ2n) is 9.61. The van der Waals surface area contributed by atoms with Gasteiger partial charge in [0.2, 0.25) is 0 Å². The zero-order valence-electron chi connectivity index (χ0n) is 19.1. The van der Waals surface area contributed by atoms with E-state index in [1.165, 1.54) is 24.3 Å². The van der Waals surface area contributed by atoms with Gasteiger partial charge in [-0.1, -0.05) is 0 Å². The molecule has 11 heteroatoms. The quantitative estimate of drug-likeness (QED) is 0.291. The molecule has 4 rings (SSSR count). The molecule has 0 aromatic heterocycles. The van der Waals surface area contributed by atoms with Gasteiger partial charge in [-0.15, -0.1) is 0 Å². The van der Waals surface area contributed by atoms with Crippen molar-refractivity contribution in [1.29, 1.82) is 0 Å². The van der Waals surface area contributed by atoms with Crippen molar-refractivity contribution in [3.63, 3.8) is 0 Å². The van der Waals surface area contributed by atoms with Crippen LogP contribution in [0.3, 0.4) is 0 Å². The molecule has 4 unspecified atom stereocenters. The Balaban J connectivity index is 1.60. The van der Waals surface area contributed by atoms with E-state index in [0.29, 0.717) is 12.8 Å². The summed E-state index contributed by atoms with van der Waals surface area (Å²) in [5.74, 6) is -3.09. The first-order chi connectivity index (χ1) is 16.5. The van der Waals surface area contributed by atoms with Crippen molar-refractivity contribution in [3.8, 4) is 5.75 Å². The third-order valence-corrected chi connectivity index (χ3v) is 7.30. The molecule has 11 nitrogen and oxygen atoms in total. The van der Waals surface area contributed by atoms with Gasteiger partial charge in [0, 0.05) is 18.3 Å². The number of aliphatic hydroxyl groups excluding tert-OH is 3. The van der Waals surface area contributed by atoms with Gasteiger partial charge in [-0.2, -0.15) is 0 Å². The minimum absolute atomic E-state index is 0.0193. The van der Waals surface area contributed by atoms with Crippen LogP contribution in [0.5, 0.6) is 5.75 Å². The van der Waals surface area contributed by atoms with Crippen molar-refractivity contribution in [2.75, 3.05) is 6.61 Å². The van der Waals surface area contributed by atoms with E-state index >= 15 is 0 Å². The van der Waals surface area contributed by atoms with Gasteiger partial charge < -0.3 is 44.8 Å². The summed E-state index contributed by atoms with van der Waals surface area (Å²) >= 11 is 0. The Morgan fingerprint density at radius 3 is 2.43 bits per heavy atom. The van der Waals surface area contributed by atoms with E-state index in [-0.39, 0.29) is 23.3 Å². The lowest BCUT2D eigenvalue weighted by Gasteiger charge is -2.45. The average Bonchev–Trinajstić information content (AvgIpc) is 3.14. The molecule has 0 spiro atoms. The number of phenols is 1. The van der Waals surface area contributed by atoms with Crippen LogP contribution in [-0.4, -0.2) is 91.4 Å². The fraction of sp³-hybridized carbons (Fsp3) is 0.583. The second kappa shape index (κ2) is 9.75. The Kier molecular flexibility index (Phi) is 7.07. The zero-order chi connectivity index (χ0) is 25.5. The maximum atomic E-state index is 12.7. The number of benzene rings is 1. The third kappa shape index (κ3) is 4.87. The lowest BCUT2D eigenvalue weighted by atomic mass is 9.75. The topological polar surface area (TPSA) is 183 Å². The van der Waals surface area contributed by atoms with Crippen LogP contribution >= 0.6 is 0 Å². The molecule has 3 aliphatic rings. The molecule has 9 atom stereocenters. The van der Waals surface area contributed by atoms with E-state index in [9.17, 15) is 40.2 Å².